The third-order valence-corrected chi connectivity index (χ3v) is 5.72. The highest BCUT2D eigenvalue weighted by atomic mass is 16.6. The van der Waals surface area contributed by atoms with Crippen molar-refractivity contribution in [3.63, 3.8) is 0 Å². The number of aliphatic imine (C=N–C) groups is 1. The van der Waals surface area contributed by atoms with Gasteiger partial charge in [0.25, 0.3) is 5.69 Å². The SMILES string of the molecule is O=C1CCCCCN1CCCNC(=NCc1ccc([N+](=O)[O-])cc1)NCC1CCOC1. The van der Waals surface area contributed by atoms with Crippen LogP contribution in [0.25, 0.3) is 0 Å². The van der Waals surface area contributed by atoms with E-state index in [9.17, 15) is 14.9 Å². The molecule has 31 heavy (non-hydrogen) atoms. The first kappa shape index (κ1) is 23.0. The first-order valence-electron chi connectivity index (χ1n) is 11.2. The molecule has 2 aliphatic rings. The molecule has 0 saturated carbocycles. The lowest BCUT2D eigenvalue weighted by molar-refractivity contribution is -0.384. The number of non-ortho nitro benzene ring substituents is 1. The minimum atomic E-state index is -0.402. The van der Waals surface area contributed by atoms with E-state index in [1.165, 1.54) is 12.1 Å². The molecule has 0 aliphatic carbocycles. The van der Waals surface area contributed by atoms with Gasteiger partial charge in [-0.1, -0.05) is 18.6 Å². The molecule has 1 atom stereocenters. The molecule has 1 aromatic rings. The third kappa shape index (κ3) is 7.82. The lowest BCUT2D eigenvalue weighted by atomic mass is 10.1. The lowest BCUT2D eigenvalue weighted by Crippen LogP contribution is -2.41. The number of guanidine groups is 1. The molecular weight excluding hydrogens is 398 g/mol. The number of carbonyl (C=O) groups excluding carboxylic acids is 1. The molecule has 170 valence electrons. The van der Waals surface area contributed by atoms with Crippen molar-refractivity contribution in [3.8, 4) is 0 Å². The predicted molar refractivity (Wildman–Crippen MR) is 119 cm³/mol. The summed E-state index contributed by atoms with van der Waals surface area (Å²) in [7, 11) is 0. The van der Waals surface area contributed by atoms with Crippen LogP contribution < -0.4 is 10.6 Å². The standard InChI is InChI=1S/C22H33N5O4/c28-21-5-2-1-3-12-26(21)13-4-11-23-22(25-16-19-10-14-31-17-19)24-15-18-6-8-20(9-7-18)27(29)30/h6-9,19H,1-5,10-17H2,(H2,23,24,25). The van der Waals surface area contributed by atoms with Crippen LogP contribution in [-0.4, -0.2) is 61.1 Å². The fraction of sp³-hybridized carbons (Fsp3) is 0.636. The van der Waals surface area contributed by atoms with E-state index in [0.29, 0.717) is 24.8 Å². The maximum atomic E-state index is 12.1. The third-order valence-electron chi connectivity index (χ3n) is 5.72. The molecular formula is C22H33N5O4. The van der Waals surface area contributed by atoms with Crippen LogP contribution in [-0.2, 0) is 16.1 Å². The minimum Gasteiger partial charge on any atom is -0.381 e. The van der Waals surface area contributed by atoms with Crippen molar-refractivity contribution < 1.29 is 14.5 Å². The molecule has 2 N–H and O–H groups in total. The fourth-order valence-corrected chi connectivity index (χ4v) is 3.80. The summed E-state index contributed by atoms with van der Waals surface area (Å²) in [5.41, 5.74) is 0.986. The van der Waals surface area contributed by atoms with E-state index < -0.39 is 4.92 Å². The second-order valence-electron chi connectivity index (χ2n) is 8.17. The summed E-state index contributed by atoms with van der Waals surface area (Å²) in [4.78, 5) is 29.2. The van der Waals surface area contributed by atoms with Crippen LogP contribution in [0.4, 0.5) is 5.69 Å². The fourth-order valence-electron chi connectivity index (χ4n) is 3.80. The topological polar surface area (TPSA) is 109 Å². The van der Waals surface area contributed by atoms with Gasteiger partial charge in [0.1, 0.15) is 0 Å². The first-order valence-corrected chi connectivity index (χ1v) is 11.2. The van der Waals surface area contributed by atoms with Crippen molar-refractivity contribution >= 4 is 17.6 Å². The number of amides is 1. The van der Waals surface area contributed by atoms with Gasteiger partial charge < -0.3 is 20.3 Å². The van der Waals surface area contributed by atoms with Gasteiger partial charge in [0, 0.05) is 57.3 Å². The summed E-state index contributed by atoms with van der Waals surface area (Å²) >= 11 is 0. The van der Waals surface area contributed by atoms with Crippen LogP contribution in [0.3, 0.4) is 0 Å². The summed E-state index contributed by atoms with van der Waals surface area (Å²) in [5, 5.41) is 17.6. The van der Waals surface area contributed by atoms with E-state index in [-0.39, 0.29) is 11.6 Å². The summed E-state index contributed by atoms with van der Waals surface area (Å²) in [6, 6.07) is 6.46. The molecule has 0 aromatic heterocycles. The molecule has 1 aromatic carbocycles. The van der Waals surface area contributed by atoms with Gasteiger partial charge in [-0.05, 0) is 31.2 Å². The Kier molecular flexibility index (Phi) is 9.08. The van der Waals surface area contributed by atoms with Crippen LogP contribution in [0.1, 0.15) is 44.1 Å². The summed E-state index contributed by atoms with van der Waals surface area (Å²) in [6.45, 7) is 5.13. The second kappa shape index (κ2) is 12.2. The van der Waals surface area contributed by atoms with Crippen molar-refractivity contribution in [2.45, 2.75) is 45.1 Å². The number of likely N-dealkylation sites (tertiary alicyclic amines) is 1. The highest BCUT2D eigenvalue weighted by Gasteiger charge is 2.17. The van der Waals surface area contributed by atoms with Crippen LogP contribution in [0.5, 0.6) is 0 Å². The van der Waals surface area contributed by atoms with E-state index in [4.69, 9.17) is 4.74 Å². The van der Waals surface area contributed by atoms with Gasteiger partial charge >= 0.3 is 0 Å². The zero-order valence-corrected chi connectivity index (χ0v) is 18.1. The monoisotopic (exact) mass is 431 g/mol. The average Bonchev–Trinajstić information content (AvgIpc) is 3.21. The Balaban J connectivity index is 1.50. The van der Waals surface area contributed by atoms with E-state index >= 15 is 0 Å². The Bertz CT molecular complexity index is 747. The minimum absolute atomic E-state index is 0.0773. The van der Waals surface area contributed by atoms with Crippen LogP contribution in [0.2, 0.25) is 0 Å². The molecule has 1 unspecified atom stereocenters. The Morgan fingerprint density at radius 2 is 2.06 bits per heavy atom. The number of nitro groups is 1. The molecule has 0 radical (unpaired) electrons. The Labute approximate surface area is 183 Å². The Hall–Kier alpha value is -2.68. The van der Waals surface area contributed by atoms with Gasteiger partial charge in [0.05, 0.1) is 18.1 Å². The number of rotatable bonds is 9. The summed E-state index contributed by atoms with van der Waals surface area (Å²) in [5.74, 6) is 1.46. The molecule has 9 heteroatoms. The quantitative estimate of drug-likeness (QED) is 0.204. The second-order valence-corrected chi connectivity index (χ2v) is 8.17. The summed E-state index contributed by atoms with van der Waals surface area (Å²) < 4.78 is 5.44. The molecule has 2 saturated heterocycles. The Morgan fingerprint density at radius 1 is 1.23 bits per heavy atom. The Morgan fingerprint density at radius 3 is 2.81 bits per heavy atom. The van der Waals surface area contributed by atoms with Gasteiger partial charge in [-0.25, -0.2) is 4.99 Å². The largest absolute Gasteiger partial charge is 0.381 e. The molecule has 2 aliphatic heterocycles. The number of carbonyl (C=O) groups is 1. The van der Waals surface area contributed by atoms with E-state index in [2.05, 4.69) is 15.6 Å². The van der Waals surface area contributed by atoms with Crippen LogP contribution in [0.15, 0.2) is 29.3 Å². The normalized spacial score (nSPS) is 19.9. The lowest BCUT2D eigenvalue weighted by Gasteiger charge is -2.21. The number of nitro benzene ring substituents is 1. The van der Waals surface area contributed by atoms with E-state index in [1.807, 2.05) is 4.90 Å². The van der Waals surface area contributed by atoms with Crippen LogP contribution >= 0.6 is 0 Å². The molecule has 9 nitrogen and oxygen atoms in total. The molecule has 0 spiro atoms. The molecule has 0 bridgehead atoms. The van der Waals surface area contributed by atoms with Crippen LogP contribution in [0, 0.1) is 16.0 Å². The van der Waals surface area contributed by atoms with Crippen molar-refractivity contribution in [1.29, 1.82) is 0 Å². The maximum Gasteiger partial charge on any atom is 0.269 e. The highest BCUT2D eigenvalue weighted by Crippen LogP contribution is 2.13. The number of hydrogen-bond acceptors (Lipinski definition) is 5. The van der Waals surface area contributed by atoms with Crippen molar-refractivity contribution in [1.82, 2.24) is 15.5 Å². The number of ether oxygens (including phenoxy) is 1. The maximum absolute atomic E-state index is 12.1. The zero-order chi connectivity index (χ0) is 21.9. The molecule has 3 rings (SSSR count). The van der Waals surface area contributed by atoms with Gasteiger partial charge in [-0.15, -0.1) is 0 Å². The van der Waals surface area contributed by atoms with E-state index in [0.717, 1.165) is 77.1 Å². The predicted octanol–water partition coefficient (Wildman–Crippen LogP) is 2.46. The molecule has 2 fully saturated rings. The number of nitrogens with one attached hydrogen (secondary N) is 2. The number of hydrogen-bond donors (Lipinski definition) is 2. The molecule has 2 heterocycles. The van der Waals surface area contributed by atoms with Crippen molar-refractivity contribution in [2.75, 3.05) is 39.4 Å². The number of benzene rings is 1. The molecule has 1 amide bonds. The highest BCUT2D eigenvalue weighted by molar-refractivity contribution is 5.79. The van der Waals surface area contributed by atoms with Gasteiger partial charge in [-0.3, -0.25) is 14.9 Å². The smallest absolute Gasteiger partial charge is 0.269 e. The average molecular weight is 432 g/mol. The van der Waals surface area contributed by atoms with Gasteiger partial charge in [0.2, 0.25) is 5.91 Å². The van der Waals surface area contributed by atoms with E-state index in [1.54, 1.807) is 12.1 Å². The zero-order valence-electron chi connectivity index (χ0n) is 18.1. The summed E-state index contributed by atoms with van der Waals surface area (Å²) in [6.07, 6.45) is 5.79. The van der Waals surface area contributed by atoms with Crippen molar-refractivity contribution in [3.05, 3.63) is 39.9 Å². The van der Waals surface area contributed by atoms with Gasteiger partial charge in [0.15, 0.2) is 5.96 Å². The first-order chi connectivity index (χ1) is 15.1. The van der Waals surface area contributed by atoms with Gasteiger partial charge in [-0.2, -0.15) is 0 Å². The number of nitrogens with zero attached hydrogens (tertiary/aromatic N) is 3. The van der Waals surface area contributed by atoms with Crippen molar-refractivity contribution in [2.24, 2.45) is 10.9 Å².